The molecule has 2 aromatic rings. The Morgan fingerprint density at radius 2 is 1.90 bits per heavy atom. The second-order valence-corrected chi connectivity index (χ2v) is 8.24. The number of hydrogen-bond acceptors (Lipinski definition) is 1. The molecule has 0 aromatic heterocycles. The second-order valence-electron chi connectivity index (χ2n) is 8.24. The van der Waals surface area contributed by atoms with Crippen LogP contribution >= 0.6 is 0 Å². The van der Waals surface area contributed by atoms with E-state index in [1.807, 2.05) is 26.2 Å². The average molecular weight is 402 g/mol. The molecule has 1 nitrogen and oxygen atoms in total. The number of rotatable bonds is 10. The van der Waals surface area contributed by atoms with E-state index in [0.717, 1.165) is 41.4 Å². The van der Waals surface area contributed by atoms with Crippen molar-refractivity contribution >= 4 is 12.7 Å². The SMILES string of the molecule is C=C(C)CC(/C(=C/NC)C(=C)C)c1ccc([B]Cc2cc(C)cc(F)c2)c(CC)c1. The van der Waals surface area contributed by atoms with E-state index in [-0.39, 0.29) is 11.7 Å². The van der Waals surface area contributed by atoms with Crippen molar-refractivity contribution in [3.8, 4) is 0 Å². The number of halogens is 1. The Morgan fingerprint density at radius 3 is 2.47 bits per heavy atom. The summed E-state index contributed by atoms with van der Waals surface area (Å²) in [6.07, 6.45) is 4.60. The summed E-state index contributed by atoms with van der Waals surface area (Å²) in [6.45, 7) is 16.6. The molecule has 1 N–H and O–H groups in total. The first kappa shape index (κ1) is 23.7. The largest absolute Gasteiger partial charge is 0.394 e. The lowest BCUT2D eigenvalue weighted by molar-refractivity contribution is 0.625. The maximum absolute atomic E-state index is 13.7. The molecular weight excluding hydrogens is 368 g/mol. The van der Waals surface area contributed by atoms with Gasteiger partial charge in [-0.1, -0.05) is 65.5 Å². The van der Waals surface area contributed by atoms with Crippen molar-refractivity contribution in [1.82, 2.24) is 5.32 Å². The van der Waals surface area contributed by atoms with Crippen LogP contribution in [0.5, 0.6) is 0 Å². The number of nitrogens with one attached hydrogen (secondary N) is 1. The topological polar surface area (TPSA) is 12.0 Å². The summed E-state index contributed by atoms with van der Waals surface area (Å²) in [5.41, 5.74) is 9.16. The van der Waals surface area contributed by atoms with Gasteiger partial charge in [0.15, 0.2) is 7.28 Å². The van der Waals surface area contributed by atoms with Gasteiger partial charge in [-0.2, -0.15) is 0 Å². The molecule has 2 aromatic carbocycles. The van der Waals surface area contributed by atoms with Gasteiger partial charge in [-0.25, -0.2) is 4.39 Å². The Bertz CT molecular complexity index is 922. The van der Waals surface area contributed by atoms with Crippen LogP contribution in [0.3, 0.4) is 0 Å². The Labute approximate surface area is 183 Å². The van der Waals surface area contributed by atoms with Gasteiger partial charge < -0.3 is 5.32 Å². The minimum Gasteiger partial charge on any atom is -0.394 e. The van der Waals surface area contributed by atoms with Crippen LogP contribution in [0.4, 0.5) is 4.39 Å². The van der Waals surface area contributed by atoms with Gasteiger partial charge in [0, 0.05) is 19.2 Å². The fourth-order valence-electron chi connectivity index (χ4n) is 3.94. The normalized spacial score (nSPS) is 12.4. The standard InChI is InChI=1S/C27H34BFN/c1-8-22-15-23(25(11-18(2)3)26(17-30-7)19(4)5)9-10-27(22)28-16-21-12-20(6)13-24(29)14-21/h9-10,12-15,17,25,30H,2,4,8,11,16H2,1,3,5-7H3/b26-17+. The van der Waals surface area contributed by atoms with Crippen LogP contribution in [0, 0.1) is 12.7 Å². The van der Waals surface area contributed by atoms with Gasteiger partial charge in [0.1, 0.15) is 5.82 Å². The first-order valence-corrected chi connectivity index (χ1v) is 10.6. The molecule has 0 bridgehead atoms. The van der Waals surface area contributed by atoms with E-state index < -0.39 is 0 Å². The zero-order valence-corrected chi connectivity index (χ0v) is 19.1. The quantitative estimate of drug-likeness (QED) is 0.294. The first-order valence-electron chi connectivity index (χ1n) is 10.6. The number of benzene rings is 2. The lowest BCUT2D eigenvalue weighted by Crippen LogP contribution is -2.22. The van der Waals surface area contributed by atoms with E-state index in [2.05, 4.69) is 64.7 Å². The fourth-order valence-corrected chi connectivity index (χ4v) is 3.94. The van der Waals surface area contributed by atoms with Gasteiger partial charge in [0.2, 0.25) is 0 Å². The van der Waals surface area contributed by atoms with E-state index in [1.54, 1.807) is 12.1 Å². The van der Waals surface area contributed by atoms with Crippen LogP contribution in [0.2, 0.25) is 0 Å². The monoisotopic (exact) mass is 402 g/mol. The highest BCUT2D eigenvalue weighted by atomic mass is 19.1. The van der Waals surface area contributed by atoms with E-state index >= 15 is 0 Å². The number of aryl methyl sites for hydroxylation is 2. The van der Waals surface area contributed by atoms with Crippen LogP contribution in [-0.4, -0.2) is 14.3 Å². The maximum Gasteiger partial charge on any atom is 0.156 e. The molecule has 0 aliphatic heterocycles. The van der Waals surface area contributed by atoms with Crippen LogP contribution in [0.25, 0.3) is 0 Å². The van der Waals surface area contributed by atoms with E-state index in [4.69, 9.17) is 0 Å². The molecule has 0 saturated carbocycles. The van der Waals surface area contributed by atoms with Crippen molar-refractivity contribution in [2.45, 2.75) is 52.8 Å². The van der Waals surface area contributed by atoms with Gasteiger partial charge in [0.05, 0.1) is 0 Å². The highest BCUT2D eigenvalue weighted by Crippen LogP contribution is 2.34. The van der Waals surface area contributed by atoms with E-state index in [1.165, 1.54) is 22.2 Å². The molecule has 0 spiro atoms. The number of allylic oxidation sites excluding steroid dienone is 3. The Hall–Kier alpha value is -2.55. The molecule has 0 aliphatic carbocycles. The molecule has 0 amide bonds. The minimum atomic E-state index is -0.171. The third kappa shape index (κ3) is 6.48. The summed E-state index contributed by atoms with van der Waals surface area (Å²) in [4.78, 5) is 0. The van der Waals surface area contributed by atoms with Crippen molar-refractivity contribution in [2.24, 2.45) is 0 Å². The van der Waals surface area contributed by atoms with Gasteiger partial charge >= 0.3 is 0 Å². The zero-order valence-electron chi connectivity index (χ0n) is 19.1. The minimum absolute atomic E-state index is 0.171. The summed E-state index contributed by atoms with van der Waals surface area (Å²) in [7, 11) is 4.12. The van der Waals surface area contributed by atoms with E-state index in [9.17, 15) is 4.39 Å². The van der Waals surface area contributed by atoms with Gasteiger partial charge in [-0.15, -0.1) is 6.58 Å². The van der Waals surface area contributed by atoms with Crippen LogP contribution in [-0.2, 0) is 12.7 Å². The van der Waals surface area contributed by atoms with Crippen LogP contribution in [0.15, 0.2) is 72.5 Å². The molecule has 1 atom stereocenters. The van der Waals surface area contributed by atoms with Crippen molar-refractivity contribution in [3.63, 3.8) is 0 Å². The molecule has 30 heavy (non-hydrogen) atoms. The molecule has 0 saturated heterocycles. The molecule has 3 heteroatoms. The summed E-state index contributed by atoms with van der Waals surface area (Å²) in [5, 5.41) is 3.17. The fraction of sp³-hybridized carbons (Fsp3) is 0.333. The van der Waals surface area contributed by atoms with Gasteiger partial charge in [-0.05, 0) is 68.8 Å². The summed E-state index contributed by atoms with van der Waals surface area (Å²) < 4.78 is 13.7. The maximum atomic E-state index is 13.7. The predicted octanol–water partition coefficient (Wildman–Crippen LogP) is 5.96. The molecule has 1 unspecified atom stereocenters. The molecule has 1 radical (unpaired) electrons. The Morgan fingerprint density at radius 1 is 1.17 bits per heavy atom. The molecule has 0 aliphatic rings. The lowest BCUT2D eigenvalue weighted by atomic mass is 9.63. The molecule has 2 rings (SSSR count). The highest BCUT2D eigenvalue weighted by molar-refractivity contribution is 6.53. The van der Waals surface area contributed by atoms with Crippen LogP contribution in [0.1, 0.15) is 55.4 Å². The van der Waals surface area contributed by atoms with Gasteiger partial charge in [-0.3, -0.25) is 0 Å². The van der Waals surface area contributed by atoms with Gasteiger partial charge in [0.25, 0.3) is 0 Å². The molecule has 0 heterocycles. The third-order valence-electron chi connectivity index (χ3n) is 5.33. The van der Waals surface area contributed by atoms with Crippen molar-refractivity contribution in [3.05, 3.63) is 101 Å². The lowest BCUT2D eigenvalue weighted by Gasteiger charge is -2.23. The van der Waals surface area contributed by atoms with Crippen molar-refractivity contribution in [1.29, 1.82) is 0 Å². The Balaban J connectivity index is 2.34. The summed E-state index contributed by atoms with van der Waals surface area (Å²) in [5.74, 6) is 0.0495. The van der Waals surface area contributed by atoms with Crippen LogP contribution < -0.4 is 10.8 Å². The highest BCUT2D eigenvalue weighted by Gasteiger charge is 2.19. The summed E-state index contributed by atoms with van der Waals surface area (Å²) in [6, 6.07) is 11.9. The average Bonchev–Trinajstić information content (AvgIpc) is 2.67. The predicted molar refractivity (Wildman–Crippen MR) is 130 cm³/mol. The smallest absolute Gasteiger partial charge is 0.156 e. The van der Waals surface area contributed by atoms with E-state index in [0.29, 0.717) is 0 Å². The molecule has 157 valence electrons. The third-order valence-corrected chi connectivity index (χ3v) is 5.33. The second kappa shape index (κ2) is 11.0. The zero-order chi connectivity index (χ0) is 22.3. The summed E-state index contributed by atoms with van der Waals surface area (Å²) >= 11 is 0. The number of hydrogen-bond donors (Lipinski definition) is 1. The first-order chi connectivity index (χ1) is 14.2. The van der Waals surface area contributed by atoms with Crippen molar-refractivity contribution in [2.75, 3.05) is 7.05 Å². The molecule has 0 fully saturated rings. The van der Waals surface area contributed by atoms with Crippen molar-refractivity contribution < 1.29 is 4.39 Å². The molecular formula is C27H34BFN. The Kier molecular flexibility index (Phi) is 8.71.